The van der Waals surface area contributed by atoms with E-state index >= 15 is 0 Å². The van der Waals surface area contributed by atoms with E-state index in [9.17, 15) is 26.3 Å². The highest BCUT2D eigenvalue weighted by atomic mass is 19.4. The van der Waals surface area contributed by atoms with E-state index < -0.39 is 24.2 Å². The Morgan fingerprint density at radius 1 is 1.12 bits per heavy atom. The first-order valence-corrected chi connectivity index (χ1v) is 4.32. The maximum absolute atomic E-state index is 12.2. The van der Waals surface area contributed by atoms with Gasteiger partial charge in [-0.25, -0.2) is 0 Å². The fourth-order valence-corrected chi connectivity index (χ4v) is 1.08. The van der Waals surface area contributed by atoms with Gasteiger partial charge in [-0.1, -0.05) is 5.16 Å². The Balaban J connectivity index is 3.06. The van der Waals surface area contributed by atoms with Gasteiger partial charge < -0.3 is 10.3 Å². The summed E-state index contributed by atoms with van der Waals surface area (Å²) in [5, 5.41) is 2.99. The SMILES string of the molecule is NCCc1noc(C(C(F)(F)F)C(F)(F)F)n1. The van der Waals surface area contributed by atoms with Crippen LogP contribution in [0.2, 0.25) is 0 Å². The number of halogens is 6. The number of rotatable bonds is 3. The van der Waals surface area contributed by atoms with Crippen molar-refractivity contribution in [2.75, 3.05) is 6.54 Å². The molecule has 0 saturated carbocycles. The van der Waals surface area contributed by atoms with E-state index in [1.165, 1.54) is 0 Å². The first-order chi connectivity index (χ1) is 7.66. The van der Waals surface area contributed by atoms with Gasteiger partial charge >= 0.3 is 12.4 Å². The van der Waals surface area contributed by atoms with Crippen molar-refractivity contribution in [2.24, 2.45) is 5.73 Å². The monoisotopic (exact) mass is 263 g/mol. The molecule has 0 radical (unpaired) electrons. The van der Waals surface area contributed by atoms with E-state index in [0.717, 1.165) is 0 Å². The molecule has 1 heterocycles. The third-order valence-electron chi connectivity index (χ3n) is 1.75. The Kier molecular flexibility index (Phi) is 3.65. The van der Waals surface area contributed by atoms with Crippen LogP contribution in [0, 0.1) is 0 Å². The van der Waals surface area contributed by atoms with Crippen LogP contribution in [0.3, 0.4) is 0 Å². The van der Waals surface area contributed by atoms with Gasteiger partial charge in [-0.15, -0.1) is 0 Å². The minimum atomic E-state index is -5.54. The first-order valence-electron chi connectivity index (χ1n) is 4.32. The summed E-state index contributed by atoms with van der Waals surface area (Å²) in [6, 6.07) is 0. The predicted octanol–water partition coefficient (Wildman–Crippen LogP) is 1.78. The van der Waals surface area contributed by atoms with Gasteiger partial charge in [-0.2, -0.15) is 31.3 Å². The van der Waals surface area contributed by atoms with Gasteiger partial charge in [0.1, 0.15) is 0 Å². The number of hydrogen-bond acceptors (Lipinski definition) is 4. The third-order valence-corrected chi connectivity index (χ3v) is 1.75. The molecule has 0 atom stereocenters. The molecule has 0 fully saturated rings. The topological polar surface area (TPSA) is 64.9 Å². The Hall–Kier alpha value is -1.32. The summed E-state index contributed by atoms with van der Waals surface area (Å²) in [5.74, 6) is -5.58. The summed E-state index contributed by atoms with van der Waals surface area (Å²) in [6.45, 7) is -0.0122. The molecule has 0 unspecified atom stereocenters. The number of hydrogen-bond donors (Lipinski definition) is 1. The average Bonchev–Trinajstić information content (AvgIpc) is 2.47. The molecule has 0 amide bonds. The van der Waals surface area contributed by atoms with Gasteiger partial charge in [-0.05, 0) is 6.54 Å². The molecular weight excluding hydrogens is 256 g/mol. The summed E-state index contributed by atoms with van der Waals surface area (Å²) in [7, 11) is 0. The second kappa shape index (κ2) is 4.51. The molecular formula is C7H7F6N3O. The molecule has 17 heavy (non-hydrogen) atoms. The van der Waals surface area contributed by atoms with Crippen molar-refractivity contribution in [2.45, 2.75) is 24.7 Å². The molecule has 0 aliphatic carbocycles. The molecule has 0 saturated heterocycles. The van der Waals surface area contributed by atoms with E-state index in [1.54, 1.807) is 0 Å². The molecule has 98 valence electrons. The van der Waals surface area contributed by atoms with E-state index in [4.69, 9.17) is 5.73 Å². The summed E-state index contributed by atoms with van der Waals surface area (Å²) >= 11 is 0. The van der Waals surface area contributed by atoms with Crippen molar-refractivity contribution >= 4 is 0 Å². The van der Waals surface area contributed by atoms with Gasteiger partial charge in [0.2, 0.25) is 11.8 Å². The van der Waals surface area contributed by atoms with Crippen LogP contribution >= 0.6 is 0 Å². The number of alkyl halides is 6. The lowest BCUT2D eigenvalue weighted by molar-refractivity contribution is -0.259. The minimum Gasteiger partial charge on any atom is -0.338 e. The Morgan fingerprint density at radius 2 is 1.65 bits per heavy atom. The van der Waals surface area contributed by atoms with Gasteiger partial charge in [0.05, 0.1) is 0 Å². The quantitative estimate of drug-likeness (QED) is 0.844. The maximum Gasteiger partial charge on any atom is 0.409 e. The van der Waals surface area contributed by atoms with Crippen LogP contribution in [0.15, 0.2) is 4.52 Å². The van der Waals surface area contributed by atoms with Crippen LogP contribution in [0.4, 0.5) is 26.3 Å². The highest BCUT2D eigenvalue weighted by Crippen LogP contribution is 2.45. The summed E-state index contributed by atoms with van der Waals surface area (Å²) in [5.41, 5.74) is 5.05. The lowest BCUT2D eigenvalue weighted by atomic mass is 10.1. The molecule has 1 rings (SSSR count). The zero-order valence-electron chi connectivity index (χ0n) is 8.14. The highest BCUT2D eigenvalue weighted by Gasteiger charge is 2.60. The molecule has 0 bridgehead atoms. The second-order valence-electron chi connectivity index (χ2n) is 3.10. The summed E-state index contributed by atoms with van der Waals surface area (Å²) in [6.07, 6.45) is -11.1. The van der Waals surface area contributed by atoms with Crippen LogP contribution in [-0.4, -0.2) is 29.0 Å². The van der Waals surface area contributed by atoms with Crippen molar-refractivity contribution in [3.8, 4) is 0 Å². The molecule has 4 nitrogen and oxygen atoms in total. The zero-order valence-corrected chi connectivity index (χ0v) is 8.14. The van der Waals surface area contributed by atoms with Crippen LogP contribution in [0.25, 0.3) is 0 Å². The van der Waals surface area contributed by atoms with Crippen molar-refractivity contribution < 1.29 is 30.9 Å². The summed E-state index contributed by atoms with van der Waals surface area (Å²) < 4.78 is 77.3. The van der Waals surface area contributed by atoms with Gasteiger partial charge in [0.25, 0.3) is 0 Å². The largest absolute Gasteiger partial charge is 0.409 e. The highest BCUT2D eigenvalue weighted by molar-refractivity contribution is 5.01. The molecule has 0 aliphatic rings. The van der Waals surface area contributed by atoms with Gasteiger partial charge in [0, 0.05) is 6.42 Å². The lowest BCUT2D eigenvalue weighted by Gasteiger charge is -2.18. The number of nitrogens with zero attached hydrogens (tertiary/aromatic N) is 2. The van der Waals surface area contributed by atoms with Gasteiger partial charge in [-0.3, -0.25) is 0 Å². The Morgan fingerprint density at radius 3 is 2.06 bits per heavy atom. The first kappa shape index (κ1) is 13.7. The molecule has 0 aromatic carbocycles. The Labute approximate surface area is 90.8 Å². The normalized spacial score (nSPS) is 13.4. The van der Waals surface area contributed by atoms with E-state index in [1.807, 2.05) is 0 Å². The van der Waals surface area contributed by atoms with E-state index in [-0.39, 0.29) is 18.8 Å². The standard InChI is InChI=1S/C7H7F6N3O/c8-6(9,10)4(7(11,12)13)5-15-3(1-2-14)16-17-5/h4H,1-2,14H2. The van der Waals surface area contributed by atoms with Gasteiger partial charge in [0.15, 0.2) is 5.82 Å². The molecule has 0 aliphatic heterocycles. The van der Waals surface area contributed by atoms with Crippen LogP contribution < -0.4 is 5.73 Å². The van der Waals surface area contributed by atoms with Crippen molar-refractivity contribution in [3.05, 3.63) is 11.7 Å². The number of nitrogens with two attached hydrogens (primary N) is 1. The molecule has 1 aromatic rings. The molecule has 1 aromatic heterocycles. The Bertz CT molecular complexity index is 356. The van der Waals surface area contributed by atoms with Crippen molar-refractivity contribution in [1.82, 2.24) is 10.1 Å². The average molecular weight is 263 g/mol. The molecule has 2 N–H and O–H groups in total. The van der Waals surface area contributed by atoms with E-state index in [0.29, 0.717) is 0 Å². The minimum absolute atomic E-state index is 0.0122. The smallest absolute Gasteiger partial charge is 0.338 e. The maximum atomic E-state index is 12.2. The van der Waals surface area contributed by atoms with Crippen molar-refractivity contribution in [1.29, 1.82) is 0 Å². The van der Waals surface area contributed by atoms with Crippen LogP contribution in [-0.2, 0) is 6.42 Å². The zero-order chi connectivity index (χ0) is 13.3. The second-order valence-corrected chi connectivity index (χ2v) is 3.10. The molecule has 10 heteroatoms. The molecule has 0 spiro atoms. The fourth-order valence-electron chi connectivity index (χ4n) is 1.08. The van der Waals surface area contributed by atoms with Crippen LogP contribution in [0.1, 0.15) is 17.6 Å². The predicted molar refractivity (Wildman–Crippen MR) is 41.9 cm³/mol. The summed E-state index contributed by atoms with van der Waals surface area (Å²) in [4.78, 5) is 3.04. The fraction of sp³-hybridized carbons (Fsp3) is 0.714. The van der Waals surface area contributed by atoms with Crippen LogP contribution in [0.5, 0.6) is 0 Å². The van der Waals surface area contributed by atoms with E-state index in [2.05, 4.69) is 14.7 Å². The van der Waals surface area contributed by atoms with Crippen molar-refractivity contribution in [3.63, 3.8) is 0 Å². The number of aromatic nitrogens is 2. The third kappa shape index (κ3) is 3.32. The lowest BCUT2D eigenvalue weighted by Crippen LogP contribution is -2.34.